The van der Waals surface area contributed by atoms with Gasteiger partial charge in [0.25, 0.3) is 5.91 Å². The van der Waals surface area contributed by atoms with E-state index >= 15 is 0 Å². The second-order valence-electron chi connectivity index (χ2n) is 4.28. The molecular weight excluding hydrogens is 276 g/mol. The van der Waals surface area contributed by atoms with E-state index in [1.807, 2.05) is 6.92 Å². The van der Waals surface area contributed by atoms with E-state index in [1.54, 1.807) is 25.1 Å². The van der Waals surface area contributed by atoms with Crippen molar-refractivity contribution < 1.29 is 14.3 Å². The second-order valence-corrected chi connectivity index (χ2v) is 4.72. The van der Waals surface area contributed by atoms with Gasteiger partial charge in [-0.25, -0.2) is 0 Å². The minimum absolute atomic E-state index is 0.160. The van der Waals surface area contributed by atoms with E-state index in [-0.39, 0.29) is 10.9 Å². The number of methoxy groups -OCH3 is 1. The Hall–Kier alpha value is -1.82. The molecule has 0 bridgehead atoms. The summed E-state index contributed by atoms with van der Waals surface area (Å²) in [6.07, 6.45) is 0.274. The number of thiocarbonyl (C=S) groups is 1. The summed E-state index contributed by atoms with van der Waals surface area (Å²) in [7, 11) is 1.52. The summed E-state index contributed by atoms with van der Waals surface area (Å²) in [5, 5.41) is 2.77. The number of ether oxygens (including phenoxy) is 2. The lowest BCUT2D eigenvalue weighted by Crippen LogP contribution is -2.36. The van der Waals surface area contributed by atoms with Gasteiger partial charge in [0.05, 0.1) is 7.11 Å². The molecule has 0 spiro atoms. The molecule has 0 saturated carbocycles. The minimum atomic E-state index is -0.605. The van der Waals surface area contributed by atoms with Gasteiger partial charge in [-0.2, -0.15) is 0 Å². The van der Waals surface area contributed by atoms with Crippen LogP contribution in [0.15, 0.2) is 18.2 Å². The Labute approximate surface area is 124 Å². The highest BCUT2D eigenvalue weighted by Gasteiger charge is 2.16. The minimum Gasteiger partial charge on any atom is -0.493 e. The quantitative estimate of drug-likeness (QED) is 0.748. The van der Waals surface area contributed by atoms with E-state index in [0.717, 1.165) is 6.42 Å². The number of carbonyl (C=O) groups excluding carboxylic acids is 1. The van der Waals surface area contributed by atoms with Crippen LogP contribution in [0.2, 0.25) is 0 Å². The molecule has 0 aliphatic heterocycles. The Morgan fingerprint density at radius 3 is 2.70 bits per heavy atom. The van der Waals surface area contributed by atoms with Gasteiger partial charge in [0.2, 0.25) is 0 Å². The Bertz CT molecular complexity index is 491. The second kappa shape index (κ2) is 7.69. The first-order valence-corrected chi connectivity index (χ1v) is 6.82. The summed E-state index contributed by atoms with van der Waals surface area (Å²) >= 11 is 4.91. The Morgan fingerprint density at radius 1 is 1.45 bits per heavy atom. The number of hydrogen-bond acceptors (Lipinski definition) is 4. The van der Waals surface area contributed by atoms with Crippen LogP contribution in [0.5, 0.6) is 11.5 Å². The summed E-state index contributed by atoms with van der Waals surface area (Å²) in [5.41, 5.74) is 6.25. The third-order valence-electron chi connectivity index (χ3n) is 2.67. The Kier molecular flexibility index (Phi) is 6.24. The lowest BCUT2D eigenvalue weighted by Gasteiger charge is -2.17. The van der Waals surface area contributed by atoms with Crippen LogP contribution in [-0.2, 0) is 4.79 Å². The molecule has 1 atom stereocenters. The molecule has 0 saturated heterocycles. The van der Waals surface area contributed by atoms with E-state index in [9.17, 15) is 4.79 Å². The molecule has 20 heavy (non-hydrogen) atoms. The average molecular weight is 296 g/mol. The third-order valence-corrected chi connectivity index (χ3v) is 2.91. The molecule has 110 valence electrons. The molecule has 1 amide bonds. The molecule has 0 heterocycles. The van der Waals surface area contributed by atoms with Crippen molar-refractivity contribution in [3.63, 3.8) is 0 Å². The fraction of sp³-hybridized carbons (Fsp3) is 0.429. The van der Waals surface area contributed by atoms with Crippen LogP contribution in [0.1, 0.15) is 25.8 Å². The van der Waals surface area contributed by atoms with Gasteiger partial charge in [0, 0.05) is 12.1 Å². The molecule has 5 nitrogen and oxygen atoms in total. The van der Waals surface area contributed by atoms with Crippen molar-refractivity contribution in [3.05, 3.63) is 23.8 Å². The van der Waals surface area contributed by atoms with Gasteiger partial charge in [-0.05, 0) is 31.5 Å². The summed E-state index contributed by atoms with van der Waals surface area (Å²) < 4.78 is 10.8. The molecule has 0 radical (unpaired) electrons. The molecule has 1 aromatic carbocycles. The van der Waals surface area contributed by atoms with Gasteiger partial charge < -0.3 is 20.5 Å². The highest BCUT2D eigenvalue weighted by atomic mass is 32.1. The van der Waals surface area contributed by atoms with Gasteiger partial charge in [-0.1, -0.05) is 19.1 Å². The van der Waals surface area contributed by atoms with Crippen molar-refractivity contribution in [2.75, 3.05) is 13.7 Å². The molecule has 0 aromatic heterocycles. The van der Waals surface area contributed by atoms with Gasteiger partial charge in [0.15, 0.2) is 17.6 Å². The summed E-state index contributed by atoms with van der Waals surface area (Å²) in [6, 6.07) is 5.11. The maximum absolute atomic E-state index is 11.8. The van der Waals surface area contributed by atoms with Crippen molar-refractivity contribution in [2.45, 2.75) is 26.4 Å². The van der Waals surface area contributed by atoms with Gasteiger partial charge in [-0.3, -0.25) is 4.79 Å². The largest absolute Gasteiger partial charge is 0.493 e. The zero-order chi connectivity index (χ0) is 15.1. The number of carbonyl (C=O) groups is 1. The molecule has 1 rings (SSSR count). The SMILES string of the molecule is CCCNC(=O)C(C)Oc1ccc(C(N)=S)cc1OC. The van der Waals surface area contributed by atoms with Crippen LogP contribution >= 0.6 is 12.2 Å². The van der Waals surface area contributed by atoms with E-state index < -0.39 is 6.10 Å². The normalized spacial score (nSPS) is 11.6. The number of rotatable bonds is 7. The number of hydrogen-bond donors (Lipinski definition) is 2. The zero-order valence-electron chi connectivity index (χ0n) is 11.9. The highest BCUT2D eigenvalue weighted by molar-refractivity contribution is 7.80. The van der Waals surface area contributed by atoms with Crippen molar-refractivity contribution in [2.24, 2.45) is 5.73 Å². The van der Waals surface area contributed by atoms with Crippen molar-refractivity contribution >= 4 is 23.1 Å². The number of nitrogens with one attached hydrogen (secondary N) is 1. The van der Waals surface area contributed by atoms with Crippen LogP contribution in [0, 0.1) is 0 Å². The first-order chi connectivity index (χ1) is 9.49. The van der Waals surface area contributed by atoms with Crippen molar-refractivity contribution in [1.29, 1.82) is 0 Å². The maximum Gasteiger partial charge on any atom is 0.260 e. The predicted octanol–water partition coefficient (Wildman–Crippen LogP) is 1.62. The monoisotopic (exact) mass is 296 g/mol. The van der Waals surface area contributed by atoms with Gasteiger partial charge in [0.1, 0.15) is 4.99 Å². The smallest absolute Gasteiger partial charge is 0.260 e. The van der Waals surface area contributed by atoms with E-state index in [4.69, 9.17) is 27.4 Å². The fourth-order valence-corrected chi connectivity index (χ4v) is 1.68. The first-order valence-electron chi connectivity index (χ1n) is 6.41. The Morgan fingerprint density at radius 2 is 2.15 bits per heavy atom. The molecule has 1 aromatic rings. The Balaban J connectivity index is 2.81. The molecule has 0 fully saturated rings. The predicted molar refractivity (Wildman–Crippen MR) is 82.3 cm³/mol. The molecular formula is C14H20N2O3S. The van der Waals surface area contributed by atoms with Crippen LogP contribution < -0.4 is 20.5 Å². The van der Waals surface area contributed by atoms with Crippen molar-refractivity contribution in [1.82, 2.24) is 5.32 Å². The molecule has 6 heteroatoms. The van der Waals surface area contributed by atoms with Crippen LogP contribution in [0.4, 0.5) is 0 Å². The third kappa shape index (κ3) is 4.38. The molecule has 0 aliphatic carbocycles. The molecule has 0 aliphatic rings. The number of nitrogens with two attached hydrogens (primary N) is 1. The standard InChI is InChI=1S/C14H20N2O3S/c1-4-7-16-14(17)9(2)19-11-6-5-10(13(15)20)8-12(11)18-3/h5-6,8-9H,4,7H2,1-3H3,(H2,15,20)(H,16,17). The van der Waals surface area contributed by atoms with Crippen LogP contribution in [0.25, 0.3) is 0 Å². The van der Waals surface area contributed by atoms with Gasteiger partial charge >= 0.3 is 0 Å². The first kappa shape index (κ1) is 16.2. The lowest BCUT2D eigenvalue weighted by molar-refractivity contribution is -0.127. The van der Waals surface area contributed by atoms with Crippen LogP contribution in [-0.4, -0.2) is 30.7 Å². The number of amides is 1. The molecule has 3 N–H and O–H groups in total. The fourth-order valence-electron chi connectivity index (χ4n) is 1.55. The number of benzene rings is 1. The van der Waals surface area contributed by atoms with E-state index in [0.29, 0.717) is 23.6 Å². The average Bonchev–Trinajstić information content (AvgIpc) is 2.44. The lowest BCUT2D eigenvalue weighted by atomic mass is 10.2. The molecule has 1 unspecified atom stereocenters. The van der Waals surface area contributed by atoms with Gasteiger partial charge in [-0.15, -0.1) is 0 Å². The maximum atomic E-state index is 11.8. The topological polar surface area (TPSA) is 73.6 Å². The highest BCUT2D eigenvalue weighted by Crippen LogP contribution is 2.29. The zero-order valence-corrected chi connectivity index (χ0v) is 12.8. The van der Waals surface area contributed by atoms with Crippen LogP contribution in [0.3, 0.4) is 0 Å². The van der Waals surface area contributed by atoms with E-state index in [2.05, 4.69) is 5.32 Å². The van der Waals surface area contributed by atoms with Crippen molar-refractivity contribution in [3.8, 4) is 11.5 Å². The summed E-state index contributed by atoms with van der Waals surface area (Å²) in [4.78, 5) is 12.0. The summed E-state index contributed by atoms with van der Waals surface area (Å²) in [6.45, 7) is 4.30. The van der Waals surface area contributed by atoms with E-state index in [1.165, 1.54) is 7.11 Å². The summed E-state index contributed by atoms with van der Waals surface area (Å²) in [5.74, 6) is 0.810.